The average molecular weight is 481 g/mol. The summed E-state index contributed by atoms with van der Waals surface area (Å²) in [5, 5.41) is 2.21. The van der Waals surface area contributed by atoms with Crippen molar-refractivity contribution in [2.24, 2.45) is 0 Å². The van der Waals surface area contributed by atoms with Crippen molar-refractivity contribution >= 4 is 33.2 Å². The van der Waals surface area contributed by atoms with Crippen molar-refractivity contribution in [3.8, 4) is 11.5 Å². The third-order valence-corrected chi connectivity index (χ3v) is 5.43. The maximum Gasteiger partial charge on any atom is 0.416 e. The smallest absolute Gasteiger partial charge is 0.416 e. The molecule has 0 aliphatic rings. The molecule has 0 radical (unpaired) electrons. The molecule has 1 amide bonds. The van der Waals surface area contributed by atoms with E-state index in [4.69, 9.17) is 21.1 Å². The number of methoxy groups -OCH3 is 1. The number of hydrogen-bond donors (Lipinski definition) is 1. The summed E-state index contributed by atoms with van der Waals surface area (Å²) in [7, 11) is -2.63. The van der Waals surface area contributed by atoms with E-state index in [1.807, 2.05) is 0 Å². The summed E-state index contributed by atoms with van der Waals surface area (Å²) < 4.78 is 74.4. The number of halogens is 4. The van der Waals surface area contributed by atoms with Gasteiger partial charge in [0, 0.05) is 0 Å². The Labute approximate surface area is 182 Å². The molecule has 0 saturated carbocycles. The minimum atomic E-state index is -4.71. The molecular formula is C19H20ClF3N2O5S. The van der Waals surface area contributed by atoms with E-state index in [1.54, 1.807) is 24.3 Å². The lowest BCUT2D eigenvalue weighted by Gasteiger charge is -2.24. The topological polar surface area (TPSA) is 84.9 Å². The average Bonchev–Trinajstić information content (AvgIpc) is 2.68. The van der Waals surface area contributed by atoms with E-state index in [0.29, 0.717) is 21.9 Å². The number of ether oxygens (including phenoxy) is 2. The fourth-order valence-electron chi connectivity index (χ4n) is 2.54. The Hall–Kier alpha value is -2.66. The Bertz CT molecular complexity index is 1030. The molecule has 31 heavy (non-hydrogen) atoms. The number of carbonyl (C=O) groups is 1. The predicted molar refractivity (Wildman–Crippen MR) is 110 cm³/mol. The van der Waals surface area contributed by atoms with Crippen LogP contribution in [0.25, 0.3) is 0 Å². The van der Waals surface area contributed by atoms with Gasteiger partial charge in [-0.05, 0) is 30.3 Å². The van der Waals surface area contributed by atoms with Gasteiger partial charge in [0.15, 0.2) is 11.5 Å². The van der Waals surface area contributed by atoms with E-state index in [-0.39, 0.29) is 18.2 Å². The number of carbonyl (C=O) groups excluding carboxylic acids is 1. The summed E-state index contributed by atoms with van der Waals surface area (Å²) in [6, 6.07) is 9.09. The van der Waals surface area contributed by atoms with Crippen LogP contribution in [0, 0.1) is 0 Å². The van der Waals surface area contributed by atoms with E-state index in [1.165, 1.54) is 7.11 Å². The zero-order valence-corrected chi connectivity index (χ0v) is 18.1. The Kier molecular flexibility index (Phi) is 8.02. The van der Waals surface area contributed by atoms with Crippen LogP contribution in [0.15, 0.2) is 42.5 Å². The fourth-order valence-corrected chi connectivity index (χ4v) is 3.67. The van der Waals surface area contributed by atoms with Crippen LogP contribution in [-0.2, 0) is 21.0 Å². The van der Waals surface area contributed by atoms with Crippen LogP contribution in [0.2, 0.25) is 5.02 Å². The van der Waals surface area contributed by atoms with Crippen molar-refractivity contribution in [1.82, 2.24) is 5.32 Å². The second-order valence-electron chi connectivity index (χ2n) is 6.28. The Morgan fingerprint density at radius 2 is 1.81 bits per heavy atom. The van der Waals surface area contributed by atoms with Gasteiger partial charge in [0.2, 0.25) is 15.9 Å². The molecule has 0 aromatic heterocycles. The van der Waals surface area contributed by atoms with Crippen molar-refractivity contribution in [2.45, 2.75) is 6.18 Å². The van der Waals surface area contributed by atoms with Crippen LogP contribution in [0.5, 0.6) is 11.5 Å². The van der Waals surface area contributed by atoms with Crippen LogP contribution in [0.4, 0.5) is 18.9 Å². The van der Waals surface area contributed by atoms with E-state index in [9.17, 15) is 26.4 Å². The van der Waals surface area contributed by atoms with Gasteiger partial charge in [-0.25, -0.2) is 8.42 Å². The Morgan fingerprint density at radius 1 is 1.16 bits per heavy atom. The molecule has 0 aliphatic carbocycles. The third kappa shape index (κ3) is 6.93. The quantitative estimate of drug-likeness (QED) is 0.556. The number of nitrogens with zero attached hydrogens (tertiary/aromatic N) is 1. The summed E-state index contributed by atoms with van der Waals surface area (Å²) in [5.41, 5.74) is -1.54. The lowest BCUT2D eigenvalue weighted by molar-refractivity contribution is -0.137. The summed E-state index contributed by atoms with van der Waals surface area (Å²) in [5.74, 6) is 0.201. The lowest BCUT2D eigenvalue weighted by atomic mass is 10.2. The van der Waals surface area contributed by atoms with Crippen molar-refractivity contribution in [2.75, 3.05) is 37.4 Å². The predicted octanol–water partition coefficient (Wildman–Crippen LogP) is 3.33. The minimum Gasteiger partial charge on any atom is -0.493 e. The second kappa shape index (κ2) is 10.1. The van der Waals surface area contributed by atoms with Crippen molar-refractivity contribution in [3.05, 3.63) is 53.1 Å². The molecule has 2 aromatic carbocycles. The van der Waals surface area contributed by atoms with Gasteiger partial charge in [0.25, 0.3) is 0 Å². The molecule has 0 atom stereocenters. The largest absolute Gasteiger partial charge is 0.493 e. The van der Waals surface area contributed by atoms with Gasteiger partial charge < -0.3 is 14.8 Å². The minimum absolute atomic E-state index is 0.0187. The number of alkyl halides is 3. The zero-order chi connectivity index (χ0) is 23.2. The van der Waals surface area contributed by atoms with Crippen LogP contribution in [-0.4, -0.2) is 47.4 Å². The standard InChI is InChI=1S/C19H20ClF3N2O5S/c1-29-16-5-3-4-6-17(16)30-10-9-24-18(26)12-25(31(2,27)28)15-11-13(19(21,22)23)7-8-14(15)20/h3-8,11H,9-10,12H2,1-2H3,(H,24,26). The lowest BCUT2D eigenvalue weighted by Crippen LogP contribution is -2.41. The summed E-state index contributed by atoms with van der Waals surface area (Å²) in [6.45, 7) is -0.686. The van der Waals surface area contributed by atoms with E-state index in [2.05, 4.69) is 5.32 Å². The molecule has 0 saturated heterocycles. The number of anilines is 1. The second-order valence-corrected chi connectivity index (χ2v) is 8.60. The highest BCUT2D eigenvalue weighted by Gasteiger charge is 2.33. The third-order valence-electron chi connectivity index (χ3n) is 3.98. The molecule has 170 valence electrons. The summed E-state index contributed by atoms with van der Waals surface area (Å²) in [6.07, 6.45) is -3.94. The van der Waals surface area contributed by atoms with Crippen molar-refractivity contribution in [3.63, 3.8) is 0 Å². The first kappa shape index (κ1) is 24.6. The summed E-state index contributed by atoms with van der Waals surface area (Å²) in [4.78, 5) is 12.2. The molecule has 0 fully saturated rings. The maximum absolute atomic E-state index is 13.0. The SMILES string of the molecule is COc1ccccc1OCCNC(=O)CN(c1cc(C(F)(F)F)ccc1Cl)S(C)(=O)=O. The van der Waals surface area contributed by atoms with Gasteiger partial charge in [-0.2, -0.15) is 13.2 Å². The highest BCUT2D eigenvalue weighted by molar-refractivity contribution is 7.92. The first-order valence-electron chi connectivity index (χ1n) is 8.80. The van der Waals surface area contributed by atoms with Gasteiger partial charge in [0.1, 0.15) is 13.2 Å². The molecule has 0 unspecified atom stereocenters. The van der Waals surface area contributed by atoms with Crippen LogP contribution in [0.1, 0.15) is 5.56 Å². The molecule has 2 aromatic rings. The Morgan fingerprint density at radius 3 is 2.39 bits per heavy atom. The maximum atomic E-state index is 13.0. The molecule has 0 heterocycles. The van der Waals surface area contributed by atoms with E-state index >= 15 is 0 Å². The number of rotatable bonds is 9. The number of benzene rings is 2. The molecule has 0 bridgehead atoms. The number of sulfonamides is 1. The molecule has 0 spiro atoms. The number of para-hydroxylation sites is 2. The van der Waals surface area contributed by atoms with Crippen LogP contribution >= 0.6 is 11.6 Å². The van der Waals surface area contributed by atoms with Crippen molar-refractivity contribution < 1.29 is 35.9 Å². The van der Waals surface area contributed by atoms with Crippen molar-refractivity contribution in [1.29, 1.82) is 0 Å². The van der Waals surface area contributed by atoms with Crippen LogP contribution < -0.4 is 19.1 Å². The first-order chi connectivity index (χ1) is 14.4. The molecule has 7 nitrogen and oxygen atoms in total. The highest BCUT2D eigenvalue weighted by Crippen LogP contribution is 2.36. The molecular weight excluding hydrogens is 461 g/mol. The van der Waals surface area contributed by atoms with Gasteiger partial charge in [-0.1, -0.05) is 23.7 Å². The van der Waals surface area contributed by atoms with Gasteiger partial charge in [-0.15, -0.1) is 0 Å². The Balaban J connectivity index is 2.06. The van der Waals surface area contributed by atoms with Gasteiger partial charge in [0.05, 0.1) is 36.2 Å². The molecule has 12 heteroatoms. The number of nitrogens with one attached hydrogen (secondary N) is 1. The number of hydrogen-bond acceptors (Lipinski definition) is 5. The van der Waals surface area contributed by atoms with E-state index < -0.39 is 39.9 Å². The molecule has 0 aliphatic heterocycles. The first-order valence-corrected chi connectivity index (χ1v) is 11.0. The normalized spacial score (nSPS) is 11.7. The van der Waals surface area contributed by atoms with E-state index in [0.717, 1.165) is 18.4 Å². The van der Waals surface area contributed by atoms with Crippen LogP contribution in [0.3, 0.4) is 0 Å². The zero-order valence-electron chi connectivity index (χ0n) is 16.6. The van der Waals surface area contributed by atoms with Gasteiger partial charge >= 0.3 is 6.18 Å². The monoisotopic (exact) mass is 480 g/mol. The fraction of sp³-hybridized carbons (Fsp3) is 0.316. The highest BCUT2D eigenvalue weighted by atomic mass is 35.5. The summed E-state index contributed by atoms with van der Waals surface area (Å²) >= 11 is 5.92. The molecule has 1 N–H and O–H groups in total. The van der Waals surface area contributed by atoms with Gasteiger partial charge in [-0.3, -0.25) is 9.10 Å². The molecule has 2 rings (SSSR count). The number of amides is 1.